The summed E-state index contributed by atoms with van der Waals surface area (Å²) in [5, 5.41) is 13.3. The van der Waals surface area contributed by atoms with Gasteiger partial charge in [0.1, 0.15) is 6.04 Å². The van der Waals surface area contributed by atoms with Crippen LogP contribution in [0.25, 0.3) is 5.69 Å². The lowest BCUT2D eigenvalue weighted by Crippen LogP contribution is -2.40. The minimum Gasteiger partial charge on any atom is -0.480 e. The monoisotopic (exact) mass is 287 g/mol. The predicted molar refractivity (Wildman–Crippen MR) is 77.5 cm³/mol. The average molecular weight is 287 g/mol. The van der Waals surface area contributed by atoms with Crippen LogP contribution >= 0.6 is 0 Å². The fourth-order valence-corrected chi connectivity index (χ4v) is 1.91. The third-order valence-electron chi connectivity index (χ3n) is 3.41. The Morgan fingerprint density at radius 3 is 2.48 bits per heavy atom. The van der Waals surface area contributed by atoms with Crippen LogP contribution in [0.1, 0.15) is 23.0 Å². The van der Waals surface area contributed by atoms with E-state index in [0.717, 1.165) is 5.69 Å². The number of carboxylic acid groups (broad SMARTS) is 1. The van der Waals surface area contributed by atoms with E-state index in [0.29, 0.717) is 11.3 Å². The van der Waals surface area contributed by atoms with Crippen molar-refractivity contribution in [3.63, 3.8) is 0 Å². The maximum absolute atomic E-state index is 12.4. The Morgan fingerprint density at radius 2 is 1.90 bits per heavy atom. The van der Waals surface area contributed by atoms with Crippen molar-refractivity contribution in [3.05, 3.63) is 47.8 Å². The van der Waals surface area contributed by atoms with Crippen molar-refractivity contribution in [2.45, 2.75) is 19.9 Å². The second-order valence-corrected chi connectivity index (χ2v) is 4.84. The Bertz CT molecular complexity index is 664. The first-order valence-corrected chi connectivity index (χ1v) is 6.53. The van der Waals surface area contributed by atoms with Crippen LogP contribution < -0.4 is 0 Å². The number of carbonyl (C=O) groups is 2. The number of hydrogen-bond acceptors (Lipinski definition) is 3. The predicted octanol–water partition coefficient (Wildman–Crippen LogP) is 1.73. The molecule has 0 aliphatic rings. The lowest BCUT2D eigenvalue weighted by Gasteiger charge is -2.20. The molecular weight excluding hydrogens is 270 g/mol. The van der Waals surface area contributed by atoms with Gasteiger partial charge in [0, 0.05) is 13.2 Å². The van der Waals surface area contributed by atoms with Crippen LogP contribution in [-0.2, 0) is 4.79 Å². The van der Waals surface area contributed by atoms with Crippen molar-refractivity contribution in [3.8, 4) is 5.69 Å². The highest BCUT2D eigenvalue weighted by atomic mass is 16.4. The van der Waals surface area contributed by atoms with Gasteiger partial charge < -0.3 is 10.0 Å². The molecule has 1 N–H and O–H groups in total. The number of amides is 1. The maximum Gasteiger partial charge on any atom is 0.326 e. The largest absolute Gasteiger partial charge is 0.480 e. The minimum absolute atomic E-state index is 0.357. The molecule has 1 atom stereocenters. The molecule has 1 heterocycles. The first kappa shape index (κ1) is 14.8. The molecule has 0 aliphatic heterocycles. The van der Waals surface area contributed by atoms with Crippen LogP contribution in [0.15, 0.2) is 36.5 Å². The number of likely N-dealkylation sites (N-methyl/N-ethyl adjacent to an activating group) is 1. The smallest absolute Gasteiger partial charge is 0.326 e. The van der Waals surface area contributed by atoms with Crippen molar-refractivity contribution >= 4 is 11.9 Å². The summed E-state index contributed by atoms with van der Waals surface area (Å²) in [5.41, 5.74) is 1.80. The van der Waals surface area contributed by atoms with Crippen molar-refractivity contribution in [2.24, 2.45) is 0 Å². The number of para-hydroxylation sites is 1. The Morgan fingerprint density at radius 1 is 1.29 bits per heavy atom. The zero-order chi connectivity index (χ0) is 15.6. The van der Waals surface area contributed by atoms with Crippen LogP contribution in [0, 0.1) is 6.92 Å². The number of nitrogens with zero attached hydrogens (tertiary/aromatic N) is 3. The van der Waals surface area contributed by atoms with Gasteiger partial charge in [-0.1, -0.05) is 18.2 Å². The molecule has 0 radical (unpaired) electrons. The van der Waals surface area contributed by atoms with E-state index in [1.165, 1.54) is 18.9 Å². The minimum atomic E-state index is -1.04. The molecule has 2 aromatic rings. The van der Waals surface area contributed by atoms with Gasteiger partial charge in [0.2, 0.25) is 0 Å². The molecular formula is C15H17N3O3. The number of aryl methyl sites for hydroxylation is 1. The van der Waals surface area contributed by atoms with Gasteiger partial charge in [0.15, 0.2) is 0 Å². The Labute approximate surface area is 122 Å². The van der Waals surface area contributed by atoms with Gasteiger partial charge in [-0.25, -0.2) is 9.48 Å². The highest BCUT2D eigenvalue weighted by Gasteiger charge is 2.25. The normalized spacial score (nSPS) is 12.0. The van der Waals surface area contributed by atoms with Crippen molar-refractivity contribution in [1.29, 1.82) is 0 Å². The molecule has 0 spiro atoms. The van der Waals surface area contributed by atoms with E-state index in [4.69, 9.17) is 5.11 Å². The molecule has 1 amide bonds. The van der Waals surface area contributed by atoms with Crippen LogP contribution in [0.5, 0.6) is 0 Å². The van der Waals surface area contributed by atoms with E-state index in [1.54, 1.807) is 17.8 Å². The SMILES string of the molecule is Cc1nn(-c2ccccc2)cc1C(=O)N(C)C(C)C(=O)O. The van der Waals surface area contributed by atoms with E-state index >= 15 is 0 Å². The number of aromatic nitrogens is 2. The second kappa shape index (κ2) is 5.78. The summed E-state index contributed by atoms with van der Waals surface area (Å²) in [4.78, 5) is 24.5. The van der Waals surface area contributed by atoms with Crippen LogP contribution in [0.4, 0.5) is 0 Å². The molecule has 1 aromatic carbocycles. The fourth-order valence-electron chi connectivity index (χ4n) is 1.91. The van der Waals surface area contributed by atoms with E-state index < -0.39 is 12.0 Å². The zero-order valence-corrected chi connectivity index (χ0v) is 12.1. The zero-order valence-electron chi connectivity index (χ0n) is 12.1. The summed E-state index contributed by atoms with van der Waals surface area (Å²) in [6.07, 6.45) is 1.62. The number of hydrogen-bond donors (Lipinski definition) is 1. The topological polar surface area (TPSA) is 75.4 Å². The molecule has 0 saturated carbocycles. The highest BCUT2D eigenvalue weighted by Crippen LogP contribution is 2.14. The number of carbonyl (C=O) groups excluding carboxylic acids is 1. The molecule has 6 heteroatoms. The summed E-state index contributed by atoms with van der Waals surface area (Å²) in [6.45, 7) is 3.20. The third kappa shape index (κ3) is 2.94. The van der Waals surface area contributed by atoms with Gasteiger partial charge in [-0.2, -0.15) is 5.10 Å². The quantitative estimate of drug-likeness (QED) is 0.929. The van der Waals surface area contributed by atoms with Crippen molar-refractivity contribution < 1.29 is 14.7 Å². The lowest BCUT2D eigenvalue weighted by molar-refractivity contribution is -0.141. The second-order valence-electron chi connectivity index (χ2n) is 4.84. The number of rotatable bonds is 4. The molecule has 2 rings (SSSR count). The van der Waals surface area contributed by atoms with Gasteiger partial charge in [-0.3, -0.25) is 4.79 Å². The Hall–Kier alpha value is -2.63. The average Bonchev–Trinajstić information content (AvgIpc) is 2.87. The molecule has 1 unspecified atom stereocenters. The molecule has 6 nitrogen and oxygen atoms in total. The maximum atomic E-state index is 12.4. The molecule has 0 fully saturated rings. The van der Waals surface area contributed by atoms with Crippen LogP contribution in [0.2, 0.25) is 0 Å². The summed E-state index contributed by atoms with van der Waals surface area (Å²) < 4.78 is 1.61. The van der Waals surface area contributed by atoms with Gasteiger partial charge in [-0.05, 0) is 26.0 Å². The Balaban J connectivity index is 2.31. The molecule has 0 aliphatic carbocycles. The van der Waals surface area contributed by atoms with E-state index in [2.05, 4.69) is 5.10 Å². The molecule has 1 aromatic heterocycles. The first-order chi connectivity index (χ1) is 9.91. The molecule has 110 valence electrons. The van der Waals surface area contributed by atoms with Gasteiger partial charge in [0.25, 0.3) is 5.91 Å². The standard InChI is InChI=1S/C15H17N3O3/c1-10-13(14(19)17(3)11(2)15(20)21)9-18(16-10)12-7-5-4-6-8-12/h4-9,11H,1-3H3,(H,20,21). The van der Waals surface area contributed by atoms with E-state index in [1.807, 2.05) is 30.3 Å². The summed E-state index contributed by atoms with van der Waals surface area (Å²) in [7, 11) is 1.47. The first-order valence-electron chi connectivity index (χ1n) is 6.53. The van der Waals surface area contributed by atoms with E-state index in [9.17, 15) is 9.59 Å². The van der Waals surface area contributed by atoms with Crippen molar-refractivity contribution in [1.82, 2.24) is 14.7 Å². The number of benzene rings is 1. The number of carboxylic acids is 1. The molecule has 0 bridgehead atoms. The van der Waals surface area contributed by atoms with Crippen LogP contribution in [-0.4, -0.2) is 44.8 Å². The Kier molecular flexibility index (Phi) is 4.07. The summed E-state index contributed by atoms with van der Waals surface area (Å²) >= 11 is 0. The highest BCUT2D eigenvalue weighted by molar-refractivity contribution is 5.97. The third-order valence-corrected chi connectivity index (χ3v) is 3.41. The van der Waals surface area contributed by atoms with Gasteiger partial charge in [-0.15, -0.1) is 0 Å². The van der Waals surface area contributed by atoms with Gasteiger partial charge >= 0.3 is 5.97 Å². The fraction of sp³-hybridized carbons (Fsp3) is 0.267. The summed E-state index contributed by atoms with van der Waals surface area (Å²) in [6, 6.07) is 8.53. The molecule has 21 heavy (non-hydrogen) atoms. The van der Waals surface area contributed by atoms with Crippen LogP contribution in [0.3, 0.4) is 0 Å². The van der Waals surface area contributed by atoms with E-state index in [-0.39, 0.29) is 5.91 Å². The molecule has 0 saturated heterocycles. The number of aliphatic carboxylic acids is 1. The van der Waals surface area contributed by atoms with Crippen molar-refractivity contribution in [2.75, 3.05) is 7.05 Å². The van der Waals surface area contributed by atoms with Gasteiger partial charge in [0.05, 0.1) is 16.9 Å². The lowest BCUT2D eigenvalue weighted by atomic mass is 10.2. The summed E-state index contributed by atoms with van der Waals surface area (Å²) in [5.74, 6) is -1.40.